The van der Waals surface area contributed by atoms with E-state index in [1.165, 1.54) is 65.5 Å². The van der Waals surface area contributed by atoms with Gasteiger partial charge in [0, 0.05) is 39.8 Å². The Balaban J connectivity index is 0.000000902. The molecule has 1 aliphatic rings. The summed E-state index contributed by atoms with van der Waals surface area (Å²) in [5, 5.41) is 9.22. The van der Waals surface area contributed by atoms with Gasteiger partial charge < -0.3 is 9.55 Å². The second-order valence-electron chi connectivity index (χ2n) is 8.28. The number of fused-ring (bicyclic) bond motifs is 10. The summed E-state index contributed by atoms with van der Waals surface area (Å²) in [6.45, 7) is 4.00. The van der Waals surface area contributed by atoms with Crippen molar-refractivity contribution in [1.29, 1.82) is 0 Å². The van der Waals surface area contributed by atoms with E-state index in [4.69, 9.17) is 0 Å². The third-order valence-electron chi connectivity index (χ3n) is 6.76. The molecule has 0 spiro atoms. The van der Waals surface area contributed by atoms with Gasteiger partial charge in [0.05, 0.1) is 11.0 Å². The molecular formula is C29H26N2. The predicted octanol–water partition coefficient (Wildman–Crippen LogP) is 8.10. The first-order valence-corrected chi connectivity index (χ1v) is 11.3. The molecule has 2 heteroatoms. The molecule has 0 fully saturated rings. The fraction of sp³-hybridized carbons (Fsp3) is 0.172. The second-order valence-corrected chi connectivity index (χ2v) is 8.28. The Morgan fingerprint density at radius 2 is 1.58 bits per heavy atom. The van der Waals surface area contributed by atoms with Crippen molar-refractivity contribution in [2.45, 2.75) is 26.7 Å². The summed E-state index contributed by atoms with van der Waals surface area (Å²) < 4.78 is 2.39. The molecule has 0 atom stereocenters. The van der Waals surface area contributed by atoms with Crippen LogP contribution in [0.2, 0.25) is 0 Å². The van der Waals surface area contributed by atoms with Gasteiger partial charge in [0.2, 0.25) is 0 Å². The van der Waals surface area contributed by atoms with Crippen LogP contribution in [0.15, 0.2) is 66.7 Å². The number of benzene rings is 4. The zero-order chi connectivity index (χ0) is 21.1. The van der Waals surface area contributed by atoms with Crippen LogP contribution in [0.4, 0.5) is 0 Å². The lowest BCUT2D eigenvalue weighted by Gasteiger charge is -2.06. The first kappa shape index (κ1) is 18.3. The summed E-state index contributed by atoms with van der Waals surface area (Å²) in [5.41, 5.74) is 6.67. The third kappa shape index (κ3) is 2.45. The van der Waals surface area contributed by atoms with Crippen LogP contribution in [0.5, 0.6) is 0 Å². The predicted molar refractivity (Wildman–Crippen MR) is 136 cm³/mol. The molecule has 4 aromatic carbocycles. The summed E-state index contributed by atoms with van der Waals surface area (Å²) in [5.74, 6) is 0. The number of hydrogen-bond donors (Lipinski definition) is 1. The highest BCUT2D eigenvalue weighted by Crippen LogP contribution is 2.40. The molecule has 0 saturated carbocycles. The van der Waals surface area contributed by atoms with Gasteiger partial charge in [-0.1, -0.05) is 62.4 Å². The van der Waals surface area contributed by atoms with Crippen LogP contribution in [0, 0.1) is 0 Å². The van der Waals surface area contributed by atoms with E-state index < -0.39 is 0 Å². The standard InChI is InChI=1S/C27H20N2.C2H6/c1-29-24-9-5-4-8-19(24)20-12-13-23-25(27(20)29)21-11-10-18-14-16-6-2-3-7-17(16)15-22(18)26(21)28-23;1-2/h2-3,5-7,9-15,28H,4,8H2,1H3;1-2H3. The van der Waals surface area contributed by atoms with Gasteiger partial charge in [0.15, 0.2) is 0 Å². The zero-order valence-corrected chi connectivity index (χ0v) is 18.3. The highest BCUT2D eigenvalue weighted by Gasteiger charge is 2.19. The van der Waals surface area contributed by atoms with Crippen LogP contribution >= 0.6 is 0 Å². The van der Waals surface area contributed by atoms with Gasteiger partial charge in [-0.15, -0.1) is 0 Å². The number of hydrogen-bond acceptors (Lipinski definition) is 0. The van der Waals surface area contributed by atoms with Gasteiger partial charge in [0.1, 0.15) is 0 Å². The van der Waals surface area contributed by atoms with Crippen LogP contribution in [-0.2, 0) is 13.5 Å². The maximum absolute atomic E-state index is 3.75. The molecule has 0 unspecified atom stereocenters. The monoisotopic (exact) mass is 402 g/mol. The molecule has 2 heterocycles. The van der Waals surface area contributed by atoms with Crippen LogP contribution in [-0.4, -0.2) is 9.55 Å². The van der Waals surface area contributed by atoms with E-state index in [0.717, 1.165) is 12.8 Å². The van der Waals surface area contributed by atoms with E-state index in [1.807, 2.05) is 13.8 Å². The van der Waals surface area contributed by atoms with Crippen molar-refractivity contribution < 1.29 is 0 Å². The Labute approximate surface area is 181 Å². The Morgan fingerprint density at radius 3 is 2.42 bits per heavy atom. The fourth-order valence-corrected chi connectivity index (χ4v) is 5.41. The second kappa shape index (κ2) is 6.75. The van der Waals surface area contributed by atoms with Gasteiger partial charge in [0.25, 0.3) is 0 Å². The Bertz CT molecular complexity index is 1660. The number of rotatable bonds is 0. The first-order valence-electron chi connectivity index (χ1n) is 11.3. The lowest BCUT2D eigenvalue weighted by Crippen LogP contribution is -1.96. The minimum absolute atomic E-state index is 1.13. The van der Waals surface area contributed by atoms with E-state index in [0.29, 0.717) is 0 Å². The highest BCUT2D eigenvalue weighted by atomic mass is 15.0. The van der Waals surface area contributed by atoms with Gasteiger partial charge >= 0.3 is 0 Å². The third-order valence-corrected chi connectivity index (χ3v) is 6.76. The van der Waals surface area contributed by atoms with Crippen molar-refractivity contribution in [2.75, 3.05) is 0 Å². The fourth-order valence-electron chi connectivity index (χ4n) is 5.41. The molecule has 152 valence electrons. The number of aromatic nitrogens is 2. The van der Waals surface area contributed by atoms with E-state index in [9.17, 15) is 0 Å². The Hall–Kier alpha value is -3.52. The van der Waals surface area contributed by atoms with E-state index in [-0.39, 0.29) is 0 Å². The molecule has 0 aliphatic heterocycles. The molecule has 7 rings (SSSR count). The molecular weight excluding hydrogens is 376 g/mol. The number of H-pyrrole nitrogens is 1. The van der Waals surface area contributed by atoms with Crippen molar-refractivity contribution >= 4 is 60.3 Å². The summed E-state index contributed by atoms with van der Waals surface area (Å²) in [6, 6.07) is 22.4. The number of allylic oxidation sites excluding steroid dienone is 1. The molecule has 0 saturated heterocycles. The maximum Gasteiger partial charge on any atom is 0.0586 e. The average molecular weight is 403 g/mol. The minimum atomic E-state index is 1.13. The van der Waals surface area contributed by atoms with Crippen LogP contribution < -0.4 is 0 Å². The molecule has 0 bridgehead atoms. The molecule has 31 heavy (non-hydrogen) atoms. The molecule has 6 aromatic rings. The summed E-state index contributed by atoms with van der Waals surface area (Å²) in [6.07, 6.45) is 6.86. The summed E-state index contributed by atoms with van der Waals surface area (Å²) in [7, 11) is 2.21. The van der Waals surface area contributed by atoms with Crippen molar-refractivity contribution in [3.63, 3.8) is 0 Å². The largest absolute Gasteiger partial charge is 0.354 e. The SMILES string of the molecule is CC.Cn1c2c(c3ccc4[nH]c5c6cc7ccccc7cc6ccc5c4c31)CCC=C2. The lowest BCUT2D eigenvalue weighted by atomic mass is 9.99. The number of nitrogens with zero attached hydrogens (tertiary/aromatic N) is 1. The Morgan fingerprint density at radius 1 is 0.806 bits per heavy atom. The quantitative estimate of drug-likeness (QED) is 0.248. The van der Waals surface area contributed by atoms with E-state index in [2.05, 4.69) is 89.4 Å². The molecule has 1 N–H and O–H groups in total. The summed E-state index contributed by atoms with van der Waals surface area (Å²) in [4.78, 5) is 3.75. The Kier molecular flexibility index (Phi) is 3.97. The normalized spacial score (nSPS) is 13.3. The average Bonchev–Trinajstić information content (AvgIpc) is 3.35. The summed E-state index contributed by atoms with van der Waals surface area (Å²) >= 11 is 0. The number of aryl methyl sites for hydroxylation is 2. The van der Waals surface area contributed by atoms with Crippen molar-refractivity contribution in [2.24, 2.45) is 7.05 Å². The van der Waals surface area contributed by atoms with E-state index in [1.54, 1.807) is 0 Å². The molecule has 0 radical (unpaired) electrons. The molecule has 0 amide bonds. The van der Waals surface area contributed by atoms with Gasteiger partial charge in [-0.25, -0.2) is 0 Å². The van der Waals surface area contributed by atoms with Gasteiger partial charge in [-0.05, 0) is 58.8 Å². The topological polar surface area (TPSA) is 20.7 Å². The number of aromatic amines is 1. The van der Waals surface area contributed by atoms with Crippen molar-refractivity contribution in [1.82, 2.24) is 9.55 Å². The van der Waals surface area contributed by atoms with Crippen LogP contribution in [0.25, 0.3) is 60.3 Å². The first-order chi connectivity index (χ1) is 15.3. The van der Waals surface area contributed by atoms with E-state index >= 15 is 0 Å². The minimum Gasteiger partial charge on any atom is -0.354 e. The van der Waals surface area contributed by atoms with Gasteiger partial charge in [-0.2, -0.15) is 0 Å². The lowest BCUT2D eigenvalue weighted by molar-refractivity contribution is 0.910. The van der Waals surface area contributed by atoms with Crippen LogP contribution in [0.1, 0.15) is 31.5 Å². The molecule has 2 nitrogen and oxygen atoms in total. The van der Waals surface area contributed by atoms with Crippen molar-refractivity contribution in [3.8, 4) is 0 Å². The number of nitrogens with one attached hydrogen (secondary N) is 1. The van der Waals surface area contributed by atoms with Gasteiger partial charge in [-0.3, -0.25) is 0 Å². The smallest absolute Gasteiger partial charge is 0.0586 e. The molecule has 2 aromatic heterocycles. The van der Waals surface area contributed by atoms with Crippen LogP contribution in [0.3, 0.4) is 0 Å². The molecule has 1 aliphatic carbocycles. The highest BCUT2D eigenvalue weighted by molar-refractivity contribution is 6.25. The van der Waals surface area contributed by atoms with Crippen molar-refractivity contribution in [3.05, 3.63) is 78.0 Å². The maximum atomic E-state index is 3.75. The zero-order valence-electron chi connectivity index (χ0n) is 18.3.